The first-order chi connectivity index (χ1) is 14.1. The lowest BCUT2D eigenvalue weighted by Crippen LogP contribution is -2.56. The van der Waals surface area contributed by atoms with Crippen molar-refractivity contribution in [3.8, 4) is 11.5 Å². The SMILES string of the molecule is CC1CN(c2ccnc(-c3cnc4cnc(Br)cn34)n2)C(C)C(c2cn[nH]c2)N1. The molecule has 4 aromatic rings. The minimum atomic E-state index is 0.161. The van der Waals surface area contributed by atoms with Gasteiger partial charge in [0.15, 0.2) is 11.5 Å². The van der Waals surface area contributed by atoms with E-state index < -0.39 is 0 Å². The van der Waals surface area contributed by atoms with Crippen molar-refractivity contribution in [1.82, 2.24) is 39.9 Å². The normalized spacial score (nSPS) is 22.3. The summed E-state index contributed by atoms with van der Waals surface area (Å²) in [6.45, 7) is 5.24. The molecule has 1 saturated heterocycles. The summed E-state index contributed by atoms with van der Waals surface area (Å²) in [7, 11) is 0. The molecule has 2 N–H and O–H groups in total. The number of fused-ring (bicyclic) bond motifs is 1. The number of aromatic nitrogens is 7. The number of rotatable bonds is 3. The van der Waals surface area contributed by atoms with Crippen LogP contribution in [0.4, 0.5) is 5.82 Å². The van der Waals surface area contributed by atoms with Gasteiger partial charge in [0.1, 0.15) is 16.1 Å². The second-order valence-corrected chi connectivity index (χ2v) is 8.10. The van der Waals surface area contributed by atoms with Crippen molar-refractivity contribution < 1.29 is 0 Å². The number of piperazine rings is 1. The molecule has 3 atom stereocenters. The molecule has 1 aliphatic heterocycles. The molecule has 0 aliphatic carbocycles. The molecule has 1 aliphatic rings. The molecular formula is C19H20BrN9. The summed E-state index contributed by atoms with van der Waals surface area (Å²) < 4.78 is 2.67. The molecule has 5 heterocycles. The molecule has 5 rings (SSSR count). The van der Waals surface area contributed by atoms with Gasteiger partial charge in [0, 0.05) is 42.8 Å². The number of hydrogen-bond donors (Lipinski definition) is 2. The van der Waals surface area contributed by atoms with Crippen LogP contribution >= 0.6 is 15.9 Å². The molecule has 0 radical (unpaired) electrons. The van der Waals surface area contributed by atoms with Crippen LogP contribution in [0.2, 0.25) is 0 Å². The van der Waals surface area contributed by atoms with Crippen LogP contribution in [0.1, 0.15) is 25.5 Å². The van der Waals surface area contributed by atoms with Gasteiger partial charge in [-0.05, 0) is 35.8 Å². The highest BCUT2D eigenvalue weighted by Crippen LogP contribution is 2.29. The van der Waals surface area contributed by atoms with Gasteiger partial charge in [-0.15, -0.1) is 0 Å². The molecule has 148 valence electrons. The first-order valence-corrected chi connectivity index (χ1v) is 10.2. The fourth-order valence-electron chi connectivity index (χ4n) is 3.91. The Morgan fingerprint density at radius 2 is 2.03 bits per heavy atom. The number of hydrogen-bond acceptors (Lipinski definition) is 7. The number of imidazole rings is 1. The van der Waals surface area contributed by atoms with Gasteiger partial charge in [0.05, 0.1) is 24.6 Å². The number of nitrogens with zero attached hydrogens (tertiary/aromatic N) is 7. The topological polar surface area (TPSA) is 99.9 Å². The van der Waals surface area contributed by atoms with Crippen LogP contribution in [0.25, 0.3) is 17.2 Å². The van der Waals surface area contributed by atoms with Gasteiger partial charge in [-0.1, -0.05) is 0 Å². The fraction of sp³-hybridized carbons (Fsp3) is 0.316. The van der Waals surface area contributed by atoms with Gasteiger partial charge in [0.25, 0.3) is 0 Å². The van der Waals surface area contributed by atoms with Crippen molar-refractivity contribution in [2.24, 2.45) is 0 Å². The third-order valence-electron chi connectivity index (χ3n) is 5.32. The molecule has 4 aromatic heterocycles. The van der Waals surface area contributed by atoms with Crippen molar-refractivity contribution in [2.45, 2.75) is 32.0 Å². The minimum absolute atomic E-state index is 0.161. The second kappa shape index (κ2) is 7.20. The fourth-order valence-corrected chi connectivity index (χ4v) is 4.22. The smallest absolute Gasteiger partial charge is 0.180 e. The molecule has 1 fully saturated rings. The third-order valence-corrected chi connectivity index (χ3v) is 5.73. The van der Waals surface area contributed by atoms with Crippen molar-refractivity contribution in [3.05, 3.63) is 53.4 Å². The van der Waals surface area contributed by atoms with E-state index in [0.717, 1.165) is 33.9 Å². The average Bonchev–Trinajstić information content (AvgIpc) is 3.39. The predicted molar refractivity (Wildman–Crippen MR) is 112 cm³/mol. The molecule has 10 heteroatoms. The molecule has 29 heavy (non-hydrogen) atoms. The number of anilines is 1. The Bertz CT molecular complexity index is 1140. The van der Waals surface area contributed by atoms with Crippen molar-refractivity contribution in [1.29, 1.82) is 0 Å². The maximum Gasteiger partial charge on any atom is 0.180 e. The molecule has 9 nitrogen and oxygen atoms in total. The molecular weight excluding hydrogens is 434 g/mol. The van der Waals surface area contributed by atoms with Crippen LogP contribution in [0.5, 0.6) is 0 Å². The lowest BCUT2D eigenvalue weighted by Gasteiger charge is -2.43. The zero-order valence-corrected chi connectivity index (χ0v) is 17.6. The van der Waals surface area contributed by atoms with E-state index in [2.05, 4.69) is 65.1 Å². The average molecular weight is 454 g/mol. The van der Waals surface area contributed by atoms with E-state index in [0.29, 0.717) is 11.9 Å². The number of halogens is 1. The number of H-pyrrole nitrogens is 1. The number of nitrogens with one attached hydrogen (secondary N) is 2. The molecule has 0 aromatic carbocycles. The Hall–Kier alpha value is -2.85. The van der Waals surface area contributed by atoms with Gasteiger partial charge >= 0.3 is 0 Å². The van der Waals surface area contributed by atoms with E-state index in [-0.39, 0.29) is 12.1 Å². The summed E-state index contributed by atoms with van der Waals surface area (Å²) in [5.41, 5.74) is 2.72. The van der Waals surface area contributed by atoms with Crippen LogP contribution in [-0.2, 0) is 0 Å². The lowest BCUT2D eigenvalue weighted by molar-refractivity contribution is 0.333. The van der Waals surface area contributed by atoms with Crippen LogP contribution in [-0.4, -0.2) is 53.2 Å². The van der Waals surface area contributed by atoms with Crippen LogP contribution < -0.4 is 10.2 Å². The Morgan fingerprint density at radius 1 is 1.14 bits per heavy atom. The van der Waals surface area contributed by atoms with Gasteiger partial charge in [-0.3, -0.25) is 9.50 Å². The highest BCUT2D eigenvalue weighted by atomic mass is 79.9. The minimum Gasteiger partial charge on any atom is -0.350 e. The van der Waals surface area contributed by atoms with Gasteiger partial charge in [0.2, 0.25) is 0 Å². The zero-order chi connectivity index (χ0) is 20.0. The summed E-state index contributed by atoms with van der Waals surface area (Å²) in [6, 6.07) is 2.63. The van der Waals surface area contributed by atoms with E-state index in [1.165, 1.54) is 0 Å². The van der Waals surface area contributed by atoms with Crippen LogP contribution in [0, 0.1) is 0 Å². The Balaban J connectivity index is 1.52. The molecule has 0 spiro atoms. The van der Waals surface area contributed by atoms with Gasteiger partial charge in [-0.2, -0.15) is 5.10 Å². The van der Waals surface area contributed by atoms with E-state index in [4.69, 9.17) is 4.98 Å². The standard InChI is InChI=1S/C19H20BrN9/c1-11-9-28(12(2)18(26-11)13-5-24-25-6-13)16-3-4-21-19(27-16)14-7-23-17-8-22-15(20)10-29(14)17/h3-8,10-12,18,26H,9H2,1-2H3,(H,24,25). The molecule has 0 saturated carbocycles. The highest BCUT2D eigenvalue weighted by molar-refractivity contribution is 9.10. The van der Waals surface area contributed by atoms with Crippen LogP contribution in [0.15, 0.2) is 47.9 Å². The largest absolute Gasteiger partial charge is 0.350 e. The lowest BCUT2D eigenvalue weighted by atomic mass is 9.97. The maximum absolute atomic E-state index is 4.89. The van der Waals surface area contributed by atoms with Gasteiger partial charge in [-0.25, -0.2) is 19.9 Å². The molecule has 0 bridgehead atoms. The van der Waals surface area contributed by atoms with E-state index in [9.17, 15) is 0 Å². The third kappa shape index (κ3) is 3.28. The van der Waals surface area contributed by atoms with E-state index >= 15 is 0 Å². The Morgan fingerprint density at radius 3 is 2.86 bits per heavy atom. The first-order valence-electron chi connectivity index (χ1n) is 9.43. The van der Waals surface area contributed by atoms with Gasteiger partial charge < -0.3 is 10.2 Å². The molecule has 0 amide bonds. The summed E-state index contributed by atoms with van der Waals surface area (Å²) in [5, 5.41) is 10.7. The first kappa shape index (κ1) is 18.2. The molecule has 3 unspecified atom stereocenters. The van der Waals surface area contributed by atoms with Crippen molar-refractivity contribution in [3.63, 3.8) is 0 Å². The van der Waals surface area contributed by atoms with Crippen LogP contribution in [0.3, 0.4) is 0 Å². The van der Waals surface area contributed by atoms with Crippen molar-refractivity contribution in [2.75, 3.05) is 11.4 Å². The monoisotopic (exact) mass is 453 g/mol. The van der Waals surface area contributed by atoms with E-state index in [1.807, 2.05) is 29.1 Å². The predicted octanol–water partition coefficient (Wildman–Crippen LogP) is 2.60. The Kier molecular flexibility index (Phi) is 4.51. The maximum atomic E-state index is 4.89. The zero-order valence-electron chi connectivity index (χ0n) is 16.0. The Labute approximate surface area is 175 Å². The quantitative estimate of drug-likeness (QED) is 0.491. The summed E-state index contributed by atoms with van der Waals surface area (Å²) >= 11 is 3.42. The summed E-state index contributed by atoms with van der Waals surface area (Å²) in [5.74, 6) is 1.53. The summed E-state index contributed by atoms with van der Waals surface area (Å²) in [6.07, 6.45) is 11.0. The van der Waals surface area contributed by atoms with Crippen molar-refractivity contribution >= 4 is 27.4 Å². The second-order valence-electron chi connectivity index (χ2n) is 7.29. The highest BCUT2D eigenvalue weighted by Gasteiger charge is 2.33. The summed E-state index contributed by atoms with van der Waals surface area (Å²) in [4.78, 5) is 20.4. The number of aromatic amines is 1. The van der Waals surface area contributed by atoms with E-state index in [1.54, 1.807) is 18.6 Å².